The summed E-state index contributed by atoms with van der Waals surface area (Å²) < 4.78 is 0. The summed E-state index contributed by atoms with van der Waals surface area (Å²) in [6, 6.07) is 16.0. The van der Waals surface area contributed by atoms with E-state index in [2.05, 4.69) is 80.3 Å². The Bertz CT molecular complexity index is 1520. The molecule has 0 fully saturated rings. The van der Waals surface area contributed by atoms with Crippen molar-refractivity contribution in [2.24, 2.45) is 5.41 Å². The lowest BCUT2D eigenvalue weighted by Gasteiger charge is -2.34. The van der Waals surface area contributed by atoms with Crippen LogP contribution in [0, 0.1) is 28.1 Å². The minimum absolute atomic E-state index is 0.0224. The molecule has 0 aliphatic carbocycles. The van der Waals surface area contributed by atoms with Crippen LogP contribution < -0.4 is 21.6 Å². The summed E-state index contributed by atoms with van der Waals surface area (Å²) in [6.07, 6.45) is 3.55. The van der Waals surface area contributed by atoms with E-state index in [0.29, 0.717) is 45.0 Å². The maximum Gasteiger partial charge on any atom is 0.148 e. The van der Waals surface area contributed by atoms with Crippen molar-refractivity contribution in [3.05, 3.63) is 76.2 Å². The lowest BCUT2D eigenvalue weighted by molar-refractivity contribution is 0.138. The van der Waals surface area contributed by atoms with E-state index in [9.17, 15) is 10.5 Å². The minimum Gasteiger partial charge on any atom is -0.383 e. The van der Waals surface area contributed by atoms with E-state index in [-0.39, 0.29) is 11.0 Å². The summed E-state index contributed by atoms with van der Waals surface area (Å²) in [6.45, 7) is 13.3. The summed E-state index contributed by atoms with van der Waals surface area (Å²) in [5, 5.41) is 30.3. The predicted octanol–water partition coefficient (Wildman–Crippen LogP) is 4.95. The number of anilines is 2. The summed E-state index contributed by atoms with van der Waals surface area (Å²) in [4.78, 5) is 4.48. The maximum atomic E-state index is 10.1. The molecular formula is C29H34BClN8. The SMILES string of the molecule is BC(Nc1cc(C#N)c2ncc(C#N)c(NCC(C)(C)C)c2c1)(C1=CN(C(C)(C)C)NN1)c1ccccc1Cl. The molecule has 1 aliphatic heterocycles. The molecule has 2 aromatic carbocycles. The van der Waals surface area contributed by atoms with E-state index in [1.54, 1.807) is 6.07 Å². The largest absolute Gasteiger partial charge is 0.383 e. The molecule has 200 valence electrons. The Balaban J connectivity index is 1.90. The van der Waals surface area contributed by atoms with Gasteiger partial charge in [-0.2, -0.15) is 10.5 Å². The summed E-state index contributed by atoms with van der Waals surface area (Å²) in [5.74, 6) is 0. The monoisotopic (exact) mass is 540 g/mol. The van der Waals surface area contributed by atoms with Crippen molar-refractivity contribution >= 4 is 41.7 Å². The number of rotatable bonds is 6. The number of benzene rings is 2. The van der Waals surface area contributed by atoms with Gasteiger partial charge in [0.2, 0.25) is 0 Å². The summed E-state index contributed by atoms with van der Waals surface area (Å²) >= 11 is 6.74. The molecule has 4 rings (SSSR count). The molecule has 0 bridgehead atoms. The van der Waals surface area contributed by atoms with Crippen LogP contribution in [-0.2, 0) is 5.44 Å². The van der Waals surface area contributed by atoms with Gasteiger partial charge in [0.25, 0.3) is 0 Å². The second-order valence-electron chi connectivity index (χ2n) is 12.2. The number of nitrogens with one attached hydrogen (secondary N) is 4. The van der Waals surface area contributed by atoms with Gasteiger partial charge < -0.3 is 16.1 Å². The third-order valence-corrected chi connectivity index (χ3v) is 6.97. The third kappa shape index (κ3) is 5.75. The van der Waals surface area contributed by atoms with Crippen LogP contribution in [0.1, 0.15) is 58.2 Å². The molecule has 2 heterocycles. The van der Waals surface area contributed by atoms with E-state index < -0.39 is 5.44 Å². The highest BCUT2D eigenvalue weighted by Gasteiger charge is 2.38. The molecule has 0 saturated carbocycles. The predicted molar refractivity (Wildman–Crippen MR) is 160 cm³/mol. The molecule has 3 aromatic rings. The van der Waals surface area contributed by atoms with Gasteiger partial charge in [0.05, 0.1) is 33.5 Å². The zero-order valence-electron chi connectivity index (χ0n) is 23.5. The van der Waals surface area contributed by atoms with E-state index in [0.717, 1.165) is 11.3 Å². The van der Waals surface area contributed by atoms with Crippen molar-refractivity contribution in [3.63, 3.8) is 0 Å². The van der Waals surface area contributed by atoms with Crippen molar-refractivity contribution in [2.45, 2.75) is 52.5 Å². The first-order valence-electron chi connectivity index (χ1n) is 12.8. The highest BCUT2D eigenvalue weighted by molar-refractivity contribution is 6.33. The molecule has 39 heavy (non-hydrogen) atoms. The number of hydrogen-bond donors (Lipinski definition) is 4. The Hall–Kier alpha value is -3.92. The maximum absolute atomic E-state index is 10.1. The van der Waals surface area contributed by atoms with Crippen LogP contribution in [-0.4, -0.2) is 29.9 Å². The van der Waals surface area contributed by atoms with Crippen molar-refractivity contribution < 1.29 is 0 Å². The molecule has 4 N–H and O–H groups in total. The van der Waals surface area contributed by atoms with Gasteiger partial charge in [0, 0.05) is 40.6 Å². The quantitative estimate of drug-likeness (QED) is 0.325. The number of nitriles is 2. The first kappa shape index (κ1) is 28.1. The van der Waals surface area contributed by atoms with Gasteiger partial charge in [-0.25, -0.2) is 0 Å². The van der Waals surface area contributed by atoms with Crippen LogP contribution in [0.5, 0.6) is 0 Å². The minimum atomic E-state index is -0.814. The molecular weight excluding hydrogens is 507 g/mol. The van der Waals surface area contributed by atoms with Crippen LogP contribution >= 0.6 is 11.6 Å². The van der Waals surface area contributed by atoms with Crippen molar-refractivity contribution in [1.82, 2.24) is 21.0 Å². The molecule has 0 saturated heterocycles. The summed E-state index contributed by atoms with van der Waals surface area (Å²) in [5.41, 5.74) is 9.95. The summed E-state index contributed by atoms with van der Waals surface area (Å²) in [7, 11) is 2.04. The highest BCUT2D eigenvalue weighted by Crippen LogP contribution is 2.38. The number of fused-ring (bicyclic) bond motifs is 1. The molecule has 0 radical (unpaired) electrons. The average molecular weight is 541 g/mol. The Morgan fingerprint density at radius 1 is 1.05 bits per heavy atom. The fourth-order valence-corrected chi connectivity index (χ4v) is 4.78. The molecule has 1 aromatic heterocycles. The molecule has 0 spiro atoms. The fourth-order valence-electron chi connectivity index (χ4n) is 4.45. The van der Waals surface area contributed by atoms with Gasteiger partial charge in [-0.15, -0.1) is 5.53 Å². The number of hydrazine groups is 2. The van der Waals surface area contributed by atoms with Crippen LogP contribution in [0.3, 0.4) is 0 Å². The Morgan fingerprint density at radius 2 is 1.74 bits per heavy atom. The van der Waals surface area contributed by atoms with Crippen molar-refractivity contribution in [2.75, 3.05) is 17.2 Å². The number of hydrogen-bond acceptors (Lipinski definition) is 8. The molecule has 10 heteroatoms. The van der Waals surface area contributed by atoms with Gasteiger partial charge in [-0.05, 0) is 49.9 Å². The number of aromatic nitrogens is 1. The Morgan fingerprint density at radius 3 is 2.33 bits per heavy atom. The van der Waals surface area contributed by atoms with E-state index in [1.807, 2.05) is 49.4 Å². The van der Waals surface area contributed by atoms with Gasteiger partial charge in [-0.3, -0.25) is 9.99 Å². The molecule has 1 atom stereocenters. The molecule has 1 unspecified atom stereocenters. The zero-order chi connectivity index (χ0) is 28.6. The second kappa shape index (κ2) is 10.3. The van der Waals surface area contributed by atoms with Gasteiger partial charge in [0.15, 0.2) is 0 Å². The molecule has 8 nitrogen and oxygen atoms in total. The van der Waals surface area contributed by atoms with E-state index in [1.165, 1.54) is 6.20 Å². The standard InChI is InChI=1S/C29H34BClN8/c1-27(2,3)17-35-26-19(14-33)15-34-25-18(13-32)11-20(12-21(25)26)36-29(30,22-9-7-8-10-23(22)31)24-16-39(38-37-24)28(4,5)6/h7-12,15-16,36-38H,17,30H2,1-6H3,(H,34,35). The van der Waals surface area contributed by atoms with Crippen LogP contribution in [0.4, 0.5) is 11.4 Å². The molecule has 0 amide bonds. The smallest absolute Gasteiger partial charge is 0.148 e. The van der Waals surface area contributed by atoms with Crippen LogP contribution in [0.25, 0.3) is 10.9 Å². The van der Waals surface area contributed by atoms with Gasteiger partial charge >= 0.3 is 0 Å². The fraction of sp³-hybridized carbons (Fsp3) is 0.345. The van der Waals surface area contributed by atoms with E-state index in [4.69, 9.17) is 11.6 Å². The molecule has 1 aliphatic rings. The normalized spacial score (nSPS) is 15.1. The number of pyridine rings is 1. The highest BCUT2D eigenvalue weighted by atomic mass is 35.5. The van der Waals surface area contributed by atoms with Crippen LogP contribution in [0.2, 0.25) is 5.02 Å². The number of nitrogens with zero attached hydrogens (tertiary/aromatic N) is 4. The lowest BCUT2D eigenvalue weighted by atomic mass is 9.69. The zero-order valence-corrected chi connectivity index (χ0v) is 24.2. The Kier molecular flexibility index (Phi) is 7.45. The van der Waals surface area contributed by atoms with Crippen molar-refractivity contribution in [3.8, 4) is 12.1 Å². The second-order valence-corrected chi connectivity index (χ2v) is 12.6. The first-order valence-corrected chi connectivity index (χ1v) is 13.2. The third-order valence-electron chi connectivity index (χ3n) is 6.65. The average Bonchev–Trinajstić information content (AvgIpc) is 3.38. The van der Waals surface area contributed by atoms with Gasteiger partial charge in [-0.1, -0.05) is 50.6 Å². The van der Waals surface area contributed by atoms with Crippen molar-refractivity contribution in [1.29, 1.82) is 10.5 Å². The van der Waals surface area contributed by atoms with Gasteiger partial charge in [0.1, 0.15) is 20.0 Å². The topological polar surface area (TPSA) is 112 Å². The Labute approximate surface area is 236 Å². The number of halogens is 1. The van der Waals surface area contributed by atoms with E-state index >= 15 is 0 Å². The lowest BCUT2D eigenvalue weighted by Crippen LogP contribution is -2.49. The first-order chi connectivity index (χ1) is 18.3. The van der Waals surface area contributed by atoms with Crippen LogP contribution in [0.15, 0.2) is 54.5 Å².